The van der Waals surface area contributed by atoms with E-state index in [4.69, 9.17) is 9.15 Å². The van der Waals surface area contributed by atoms with Crippen LogP contribution in [-0.4, -0.2) is 61.7 Å². The topological polar surface area (TPSA) is 90.8 Å². The molecule has 3 aromatic rings. The van der Waals surface area contributed by atoms with Gasteiger partial charge in [0.25, 0.3) is 5.91 Å². The summed E-state index contributed by atoms with van der Waals surface area (Å²) in [7, 11) is 0. The van der Waals surface area contributed by atoms with Gasteiger partial charge in [-0.1, -0.05) is 24.3 Å². The number of piperazine rings is 1. The van der Waals surface area contributed by atoms with Crippen molar-refractivity contribution in [3.8, 4) is 5.75 Å². The third kappa shape index (κ3) is 4.80. The van der Waals surface area contributed by atoms with E-state index in [0.29, 0.717) is 24.3 Å². The van der Waals surface area contributed by atoms with E-state index in [0.717, 1.165) is 68.1 Å². The molecule has 1 aromatic heterocycles. The van der Waals surface area contributed by atoms with Crippen LogP contribution < -0.4 is 20.7 Å². The predicted molar refractivity (Wildman–Crippen MR) is 128 cm³/mol. The van der Waals surface area contributed by atoms with E-state index in [1.165, 1.54) is 0 Å². The third-order valence-electron chi connectivity index (χ3n) is 6.25. The minimum absolute atomic E-state index is 0.0521. The number of ether oxygens (including phenoxy) is 1. The molecular formula is C25H28N4O4. The number of anilines is 1. The summed E-state index contributed by atoms with van der Waals surface area (Å²) in [5.41, 5.74) is 3.95. The van der Waals surface area contributed by atoms with Gasteiger partial charge in [0.1, 0.15) is 12.4 Å². The number of rotatable bonds is 7. The first-order valence-corrected chi connectivity index (χ1v) is 11.5. The Bertz CT molecular complexity index is 1220. The van der Waals surface area contributed by atoms with Gasteiger partial charge in [-0.25, -0.2) is 4.79 Å². The lowest BCUT2D eigenvalue weighted by Gasteiger charge is -2.36. The Morgan fingerprint density at radius 3 is 2.76 bits per heavy atom. The highest BCUT2D eigenvalue weighted by Crippen LogP contribution is 2.26. The smallest absolute Gasteiger partial charge is 0.417 e. The molecule has 3 heterocycles. The minimum Gasteiger partial charge on any atom is -0.488 e. The van der Waals surface area contributed by atoms with E-state index in [-0.39, 0.29) is 5.91 Å². The van der Waals surface area contributed by atoms with Crippen LogP contribution in [-0.2, 0) is 4.79 Å². The zero-order chi connectivity index (χ0) is 22.6. The first-order valence-electron chi connectivity index (χ1n) is 11.5. The molecule has 8 heteroatoms. The van der Waals surface area contributed by atoms with Crippen molar-refractivity contribution in [3.63, 3.8) is 0 Å². The summed E-state index contributed by atoms with van der Waals surface area (Å²) in [6.45, 7) is 5.68. The molecular weight excluding hydrogens is 420 g/mol. The number of hydrogen-bond acceptors (Lipinski definition) is 6. The average Bonchev–Trinajstić information content (AvgIpc) is 3.24. The molecule has 2 aliphatic rings. The molecule has 2 aliphatic heterocycles. The summed E-state index contributed by atoms with van der Waals surface area (Å²) in [4.78, 5) is 31.4. The quantitative estimate of drug-likeness (QED) is 0.540. The normalized spacial score (nSPS) is 16.2. The number of oxazole rings is 1. The van der Waals surface area contributed by atoms with Crippen LogP contribution in [0.4, 0.5) is 5.69 Å². The number of unbranched alkanes of at least 4 members (excludes halogenated alkanes) is 1. The first kappa shape index (κ1) is 21.3. The largest absolute Gasteiger partial charge is 0.488 e. The van der Waals surface area contributed by atoms with E-state index in [2.05, 4.69) is 20.1 Å². The van der Waals surface area contributed by atoms with E-state index in [1.807, 2.05) is 48.5 Å². The summed E-state index contributed by atoms with van der Waals surface area (Å²) in [5.74, 6) is 0.354. The maximum absolute atomic E-state index is 12.4. The van der Waals surface area contributed by atoms with Crippen molar-refractivity contribution in [2.45, 2.75) is 12.8 Å². The minimum atomic E-state index is -0.416. The molecule has 5 rings (SSSR count). The predicted octanol–water partition coefficient (Wildman–Crippen LogP) is 2.62. The van der Waals surface area contributed by atoms with Gasteiger partial charge < -0.3 is 19.4 Å². The third-order valence-corrected chi connectivity index (χ3v) is 6.25. The van der Waals surface area contributed by atoms with Crippen LogP contribution in [0.3, 0.4) is 0 Å². The SMILES string of the molecule is O=C(NCCCCN1CCN(c2cccc3[nH]c(=O)oc23)CC1)C1=Cc2ccccc2OC1. The number of H-pyrrole nitrogens is 1. The fraction of sp³-hybridized carbons (Fsp3) is 0.360. The molecule has 2 N–H and O–H groups in total. The molecule has 0 spiro atoms. The number of carbonyl (C=O) groups excluding carboxylic acids is 1. The summed E-state index contributed by atoms with van der Waals surface area (Å²) < 4.78 is 11.0. The number of carbonyl (C=O) groups is 1. The van der Waals surface area contributed by atoms with Crippen molar-refractivity contribution in [3.05, 3.63) is 64.2 Å². The zero-order valence-electron chi connectivity index (χ0n) is 18.5. The van der Waals surface area contributed by atoms with Crippen LogP contribution in [0.25, 0.3) is 17.2 Å². The number of aromatic nitrogens is 1. The average molecular weight is 449 g/mol. The molecule has 172 valence electrons. The highest BCUT2D eigenvalue weighted by molar-refractivity contribution is 5.99. The zero-order valence-corrected chi connectivity index (χ0v) is 18.5. The van der Waals surface area contributed by atoms with E-state index in [9.17, 15) is 9.59 Å². The Kier molecular flexibility index (Phi) is 6.17. The van der Waals surface area contributed by atoms with Crippen LogP contribution in [0.5, 0.6) is 5.75 Å². The van der Waals surface area contributed by atoms with Crippen LogP contribution >= 0.6 is 0 Å². The van der Waals surface area contributed by atoms with Crippen molar-refractivity contribution in [1.82, 2.24) is 15.2 Å². The summed E-state index contributed by atoms with van der Waals surface area (Å²) in [5, 5.41) is 3.02. The van der Waals surface area contributed by atoms with Gasteiger partial charge in [-0.3, -0.25) is 14.7 Å². The van der Waals surface area contributed by atoms with Gasteiger partial charge in [0.2, 0.25) is 0 Å². The molecule has 1 fully saturated rings. The van der Waals surface area contributed by atoms with E-state index < -0.39 is 5.76 Å². The second kappa shape index (κ2) is 9.54. The highest BCUT2D eigenvalue weighted by atomic mass is 16.5. The molecule has 8 nitrogen and oxygen atoms in total. The summed E-state index contributed by atoms with van der Waals surface area (Å²) >= 11 is 0. The van der Waals surface area contributed by atoms with Crippen molar-refractivity contribution in [2.75, 3.05) is 50.8 Å². The van der Waals surface area contributed by atoms with Crippen LogP contribution in [0.1, 0.15) is 18.4 Å². The van der Waals surface area contributed by atoms with Crippen LogP contribution in [0.2, 0.25) is 0 Å². The molecule has 0 atom stereocenters. The first-order chi connectivity index (χ1) is 16.2. The molecule has 0 bridgehead atoms. The van der Waals surface area contributed by atoms with Gasteiger partial charge in [-0.15, -0.1) is 0 Å². The standard InChI is InChI=1S/C25H28N4O4/c30-24(19-16-18-6-1-2-9-22(18)32-17-19)26-10-3-4-11-28-12-14-29(15-13-28)21-8-5-7-20-23(21)33-25(31)27-20/h1-2,5-9,16H,3-4,10-15,17H2,(H,26,30)(H,27,31). The molecule has 0 radical (unpaired) electrons. The molecule has 33 heavy (non-hydrogen) atoms. The second-order valence-electron chi connectivity index (χ2n) is 8.46. The second-order valence-corrected chi connectivity index (χ2v) is 8.46. The fourth-order valence-corrected chi connectivity index (χ4v) is 4.44. The maximum atomic E-state index is 12.4. The van der Waals surface area contributed by atoms with Gasteiger partial charge in [-0.05, 0) is 43.7 Å². The van der Waals surface area contributed by atoms with Crippen LogP contribution in [0, 0.1) is 0 Å². The Hall–Kier alpha value is -3.52. The number of para-hydroxylation sites is 2. The summed E-state index contributed by atoms with van der Waals surface area (Å²) in [6, 6.07) is 13.5. The molecule has 2 aromatic carbocycles. The maximum Gasteiger partial charge on any atom is 0.417 e. The highest BCUT2D eigenvalue weighted by Gasteiger charge is 2.20. The Morgan fingerprint density at radius 1 is 1.03 bits per heavy atom. The Labute approximate surface area is 191 Å². The molecule has 0 aliphatic carbocycles. The Balaban J connectivity index is 1.03. The van der Waals surface area contributed by atoms with Gasteiger partial charge >= 0.3 is 5.76 Å². The van der Waals surface area contributed by atoms with Crippen molar-refractivity contribution < 1.29 is 13.9 Å². The fourth-order valence-electron chi connectivity index (χ4n) is 4.44. The van der Waals surface area contributed by atoms with Crippen molar-refractivity contribution in [2.24, 2.45) is 0 Å². The number of aromatic amines is 1. The lowest BCUT2D eigenvalue weighted by atomic mass is 10.1. The van der Waals surface area contributed by atoms with E-state index >= 15 is 0 Å². The lowest BCUT2D eigenvalue weighted by Crippen LogP contribution is -2.46. The Morgan fingerprint density at radius 2 is 1.88 bits per heavy atom. The number of nitrogens with zero attached hydrogens (tertiary/aromatic N) is 2. The number of fused-ring (bicyclic) bond motifs is 2. The van der Waals surface area contributed by atoms with Gasteiger partial charge in [0, 0.05) is 38.3 Å². The van der Waals surface area contributed by atoms with Gasteiger partial charge in [0.05, 0.1) is 16.8 Å². The number of benzene rings is 2. The van der Waals surface area contributed by atoms with E-state index in [1.54, 1.807) is 0 Å². The molecule has 1 saturated heterocycles. The van der Waals surface area contributed by atoms with Gasteiger partial charge in [-0.2, -0.15) is 0 Å². The number of hydrogen-bond donors (Lipinski definition) is 2. The number of nitrogens with one attached hydrogen (secondary N) is 2. The number of amides is 1. The monoisotopic (exact) mass is 448 g/mol. The lowest BCUT2D eigenvalue weighted by molar-refractivity contribution is -0.117. The van der Waals surface area contributed by atoms with Crippen LogP contribution in [0.15, 0.2) is 57.2 Å². The summed E-state index contributed by atoms with van der Waals surface area (Å²) in [6.07, 6.45) is 3.87. The van der Waals surface area contributed by atoms with Crippen molar-refractivity contribution in [1.29, 1.82) is 0 Å². The molecule has 0 saturated carbocycles. The van der Waals surface area contributed by atoms with Gasteiger partial charge in [0.15, 0.2) is 5.58 Å². The molecule has 1 amide bonds. The van der Waals surface area contributed by atoms with Crippen molar-refractivity contribution >= 4 is 28.8 Å². The molecule has 0 unspecified atom stereocenters.